The Hall–Kier alpha value is -2.57. The van der Waals surface area contributed by atoms with E-state index in [1.165, 1.54) is 0 Å². The zero-order chi connectivity index (χ0) is 17.6. The second-order valence-electron chi connectivity index (χ2n) is 6.27. The summed E-state index contributed by atoms with van der Waals surface area (Å²) in [5.74, 6) is -1.32. The second kappa shape index (κ2) is 7.62. The molecule has 0 saturated heterocycles. The van der Waals surface area contributed by atoms with Gasteiger partial charge in [-0.05, 0) is 39.0 Å². The van der Waals surface area contributed by atoms with Crippen molar-refractivity contribution in [1.29, 1.82) is 0 Å². The molecule has 23 heavy (non-hydrogen) atoms. The lowest BCUT2D eigenvalue weighted by Gasteiger charge is -2.20. The molecule has 126 valence electrons. The highest BCUT2D eigenvalue weighted by Crippen LogP contribution is 2.14. The fourth-order valence-electron chi connectivity index (χ4n) is 1.66. The maximum Gasteiger partial charge on any atom is 0.338 e. The van der Waals surface area contributed by atoms with Crippen molar-refractivity contribution in [2.75, 3.05) is 25.6 Å². The molecule has 1 aromatic carbocycles. The van der Waals surface area contributed by atoms with Crippen molar-refractivity contribution >= 4 is 23.6 Å². The lowest BCUT2D eigenvalue weighted by molar-refractivity contribution is -0.123. The summed E-state index contributed by atoms with van der Waals surface area (Å²) in [7, 11) is 3.71. The summed E-state index contributed by atoms with van der Waals surface area (Å²) >= 11 is 0. The number of benzene rings is 1. The van der Waals surface area contributed by atoms with Gasteiger partial charge in [0.15, 0.2) is 6.61 Å². The molecule has 0 saturated carbocycles. The monoisotopic (exact) mass is 321 g/mol. The molecule has 0 aliphatic carbocycles. The average Bonchev–Trinajstić information content (AvgIpc) is 2.42. The highest BCUT2D eigenvalue weighted by molar-refractivity contribution is 5.97. The predicted octanol–water partition coefficient (Wildman–Crippen LogP) is 1.53. The topological polar surface area (TPSA) is 87.7 Å². The standard InChI is InChI=1S/C16H23N3O4/c1-16(2,3)18-15(22)17-13(20)10-23-14(21)11-7-6-8-12(9-11)19(4)5/h6-9H,10H2,1-5H3,(H2,17,18,20,22). The Labute approximate surface area is 136 Å². The van der Waals surface area contributed by atoms with Crippen molar-refractivity contribution in [3.8, 4) is 0 Å². The summed E-state index contributed by atoms with van der Waals surface area (Å²) in [6.07, 6.45) is 0. The molecule has 0 aromatic heterocycles. The highest BCUT2D eigenvalue weighted by atomic mass is 16.5. The van der Waals surface area contributed by atoms with Gasteiger partial charge in [0.2, 0.25) is 0 Å². The Morgan fingerprint density at radius 2 is 1.83 bits per heavy atom. The van der Waals surface area contributed by atoms with E-state index in [2.05, 4.69) is 10.6 Å². The lowest BCUT2D eigenvalue weighted by Crippen LogP contribution is -2.49. The van der Waals surface area contributed by atoms with Crippen molar-refractivity contribution in [2.24, 2.45) is 0 Å². The van der Waals surface area contributed by atoms with Crippen molar-refractivity contribution in [1.82, 2.24) is 10.6 Å². The molecule has 0 unspecified atom stereocenters. The first-order chi connectivity index (χ1) is 10.6. The van der Waals surface area contributed by atoms with Crippen LogP contribution in [-0.4, -0.2) is 44.1 Å². The second-order valence-corrected chi connectivity index (χ2v) is 6.27. The Bertz CT molecular complexity index is 591. The van der Waals surface area contributed by atoms with Gasteiger partial charge >= 0.3 is 12.0 Å². The minimum Gasteiger partial charge on any atom is -0.452 e. The molecule has 0 aliphatic rings. The lowest BCUT2D eigenvalue weighted by atomic mass is 10.1. The van der Waals surface area contributed by atoms with Crippen LogP contribution in [0.25, 0.3) is 0 Å². The third kappa shape index (κ3) is 6.82. The number of rotatable bonds is 4. The summed E-state index contributed by atoms with van der Waals surface area (Å²) in [5, 5.41) is 4.67. The van der Waals surface area contributed by atoms with Gasteiger partial charge in [-0.15, -0.1) is 0 Å². The molecule has 0 bridgehead atoms. The molecule has 2 N–H and O–H groups in total. The number of carbonyl (C=O) groups is 3. The Balaban J connectivity index is 2.51. The van der Waals surface area contributed by atoms with Crippen molar-refractivity contribution in [2.45, 2.75) is 26.3 Å². The summed E-state index contributed by atoms with van der Waals surface area (Å²) in [6, 6.07) is 6.20. The zero-order valence-electron chi connectivity index (χ0n) is 14.1. The quantitative estimate of drug-likeness (QED) is 0.821. The maximum atomic E-state index is 11.9. The number of ether oxygens (including phenoxy) is 1. The van der Waals surface area contributed by atoms with Crippen LogP contribution >= 0.6 is 0 Å². The number of nitrogens with one attached hydrogen (secondary N) is 2. The van der Waals surface area contributed by atoms with Gasteiger partial charge in [-0.25, -0.2) is 9.59 Å². The van der Waals surface area contributed by atoms with Crippen LogP contribution in [0.5, 0.6) is 0 Å². The number of amides is 3. The zero-order valence-corrected chi connectivity index (χ0v) is 14.1. The molecule has 7 heteroatoms. The van der Waals surface area contributed by atoms with Crippen LogP contribution < -0.4 is 15.5 Å². The molecule has 0 atom stereocenters. The maximum absolute atomic E-state index is 11.9. The number of urea groups is 1. The van der Waals surface area contributed by atoms with E-state index in [-0.39, 0.29) is 0 Å². The van der Waals surface area contributed by atoms with E-state index in [9.17, 15) is 14.4 Å². The van der Waals surface area contributed by atoms with E-state index in [0.717, 1.165) is 5.69 Å². The minimum absolute atomic E-state index is 0.336. The number of esters is 1. The fraction of sp³-hybridized carbons (Fsp3) is 0.438. The summed E-state index contributed by atoms with van der Waals surface area (Å²) in [4.78, 5) is 36.9. The summed E-state index contributed by atoms with van der Waals surface area (Å²) in [6.45, 7) is 4.83. The summed E-state index contributed by atoms with van der Waals surface area (Å²) in [5.41, 5.74) is 0.713. The predicted molar refractivity (Wildman–Crippen MR) is 87.5 cm³/mol. The molecule has 1 rings (SSSR count). The van der Waals surface area contributed by atoms with Crippen LogP contribution in [0.3, 0.4) is 0 Å². The number of nitrogens with zero attached hydrogens (tertiary/aromatic N) is 1. The molecule has 0 aliphatic heterocycles. The smallest absolute Gasteiger partial charge is 0.338 e. The van der Waals surface area contributed by atoms with Crippen molar-refractivity contribution in [3.63, 3.8) is 0 Å². The molecule has 1 aromatic rings. The molecule has 0 spiro atoms. The normalized spacial score (nSPS) is 10.7. The van der Waals surface area contributed by atoms with Crippen LogP contribution in [0.4, 0.5) is 10.5 Å². The summed E-state index contributed by atoms with van der Waals surface area (Å²) < 4.78 is 4.91. The Kier molecular flexibility index (Phi) is 6.12. The van der Waals surface area contributed by atoms with Crippen LogP contribution in [0.1, 0.15) is 31.1 Å². The first-order valence-electron chi connectivity index (χ1n) is 7.15. The first-order valence-corrected chi connectivity index (χ1v) is 7.15. The van der Waals surface area contributed by atoms with E-state index in [4.69, 9.17) is 4.74 Å². The van der Waals surface area contributed by atoms with Gasteiger partial charge in [-0.1, -0.05) is 6.07 Å². The van der Waals surface area contributed by atoms with Crippen LogP contribution in [0, 0.1) is 0 Å². The largest absolute Gasteiger partial charge is 0.452 e. The van der Waals surface area contributed by atoms with Crippen LogP contribution in [0.15, 0.2) is 24.3 Å². The van der Waals surface area contributed by atoms with Gasteiger partial charge in [-0.2, -0.15) is 0 Å². The molecule has 7 nitrogen and oxygen atoms in total. The molecule has 3 amide bonds. The fourth-order valence-corrected chi connectivity index (χ4v) is 1.66. The number of carbonyl (C=O) groups excluding carboxylic acids is 3. The Morgan fingerprint density at radius 3 is 2.39 bits per heavy atom. The third-order valence-corrected chi connectivity index (χ3v) is 2.67. The third-order valence-electron chi connectivity index (χ3n) is 2.67. The van der Waals surface area contributed by atoms with Gasteiger partial charge in [0.25, 0.3) is 5.91 Å². The van der Waals surface area contributed by atoms with Gasteiger partial charge in [-0.3, -0.25) is 10.1 Å². The molecular formula is C16H23N3O4. The van der Waals surface area contributed by atoms with E-state index in [0.29, 0.717) is 5.56 Å². The van der Waals surface area contributed by atoms with Gasteiger partial charge in [0, 0.05) is 25.3 Å². The van der Waals surface area contributed by atoms with Crippen molar-refractivity contribution < 1.29 is 19.1 Å². The van der Waals surface area contributed by atoms with E-state index >= 15 is 0 Å². The number of imide groups is 1. The van der Waals surface area contributed by atoms with Gasteiger partial charge in [0.1, 0.15) is 0 Å². The minimum atomic E-state index is -0.691. The van der Waals surface area contributed by atoms with Crippen LogP contribution in [-0.2, 0) is 9.53 Å². The van der Waals surface area contributed by atoms with Crippen LogP contribution in [0.2, 0.25) is 0 Å². The number of hydrogen-bond donors (Lipinski definition) is 2. The van der Waals surface area contributed by atoms with Gasteiger partial charge in [0.05, 0.1) is 5.56 Å². The van der Waals surface area contributed by atoms with E-state index in [1.54, 1.807) is 39.0 Å². The molecular weight excluding hydrogens is 298 g/mol. The molecule has 0 fully saturated rings. The average molecular weight is 321 g/mol. The molecule has 0 radical (unpaired) electrons. The SMILES string of the molecule is CN(C)c1cccc(C(=O)OCC(=O)NC(=O)NC(C)(C)C)c1. The molecule has 0 heterocycles. The van der Waals surface area contributed by atoms with Crippen molar-refractivity contribution in [3.05, 3.63) is 29.8 Å². The van der Waals surface area contributed by atoms with E-state index in [1.807, 2.05) is 25.1 Å². The highest BCUT2D eigenvalue weighted by Gasteiger charge is 2.17. The number of anilines is 1. The Morgan fingerprint density at radius 1 is 1.17 bits per heavy atom. The first kappa shape index (κ1) is 18.5. The van der Waals surface area contributed by atoms with Gasteiger partial charge < -0.3 is 15.0 Å². The number of hydrogen-bond acceptors (Lipinski definition) is 5. The van der Waals surface area contributed by atoms with E-state index < -0.39 is 30.1 Å².